The topological polar surface area (TPSA) is 92.8 Å². The average Bonchev–Trinajstić information content (AvgIpc) is 3.05. The van der Waals surface area contributed by atoms with Crippen molar-refractivity contribution in [1.29, 1.82) is 0 Å². The average molecular weight is 467 g/mol. The van der Waals surface area contributed by atoms with Crippen molar-refractivity contribution in [3.05, 3.63) is 52.7 Å². The predicted molar refractivity (Wildman–Crippen MR) is 130 cm³/mol. The van der Waals surface area contributed by atoms with Gasteiger partial charge < -0.3 is 25.0 Å². The van der Waals surface area contributed by atoms with Crippen molar-refractivity contribution in [2.45, 2.75) is 51.0 Å². The number of benzene rings is 1. The van der Waals surface area contributed by atoms with Crippen LogP contribution in [0, 0.1) is 0 Å². The molecule has 0 fully saturated rings. The maximum atomic E-state index is 13.0. The Morgan fingerprint density at radius 3 is 2.91 bits per heavy atom. The van der Waals surface area contributed by atoms with Crippen LogP contribution in [0.2, 0.25) is 0 Å². The normalized spacial score (nSPS) is 17.0. The summed E-state index contributed by atoms with van der Waals surface area (Å²) < 4.78 is 10.3. The van der Waals surface area contributed by atoms with E-state index in [0.29, 0.717) is 32.5 Å². The zero-order valence-electron chi connectivity index (χ0n) is 20.1. The van der Waals surface area contributed by atoms with E-state index in [1.807, 2.05) is 23.1 Å². The van der Waals surface area contributed by atoms with Gasteiger partial charge in [0.05, 0.1) is 20.6 Å². The third kappa shape index (κ3) is 5.79. The number of aromatic nitrogens is 1. The number of ether oxygens (including phenoxy) is 2. The first kappa shape index (κ1) is 23.9. The number of anilines is 1. The van der Waals surface area contributed by atoms with Crippen LogP contribution < -0.4 is 15.4 Å². The fourth-order valence-electron chi connectivity index (χ4n) is 4.75. The van der Waals surface area contributed by atoms with Gasteiger partial charge in [-0.25, -0.2) is 9.78 Å². The Labute approximate surface area is 201 Å². The molecule has 1 atom stereocenters. The van der Waals surface area contributed by atoms with Crippen LogP contribution in [0.25, 0.3) is 0 Å². The van der Waals surface area contributed by atoms with E-state index in [1.54, 1.807) is 7.11 Å². The number of nitrogens with zero attached hydrogens (tertiary/aromatic N) is 2. The lowest BCUT2D eigenvalue weighted by molar-refractivity contribution is -0.141. The van der Waals surface area contributed by atoms with Gasteiger partial charge in [0.2, 0.25) is 0 Å². The highest BCUT2D eigenvalue weighted by atomic mass is 16.5. The number of fused-ring (bicyclic) bond motifs is 2. The van der Waals surface area contributed by atoms with Crippen LogP contribution in [0.3, 0.4) is 0 Å². The molecule has 0 spiro atoms. The lowest BCUT2D eigenvalue weighted by Gasteiger charge is -2.22. The summed E-state index contributed by atoms with van der Waals surface area (Å²) >= 11 is 0. The summed E-state index contributed by atoms with van der Waals surface area (Å²) in [5.74, 6) is 1.52. The highest BCUT2D eigenvalue weighted by molar-refractivity contribution is 5.74. The Morgan fingerprint density at radius 2 is 2.09 bits per heavy atom. The SMILES string of the molecule is COC(=O)CC1CCN(C(=O)NCCCc2ccc3c(n2)NCCC3)Cc2cc(OC)ccc21. The molecule has 2 aromatic rings. The van der Waals surface area contributed by atoms with Crippen LogP contribution in [0.5, 0.6) is 5.75 Å². The molecule has 4 rings (SSSR count). The number of methoxy groups -OCH3 is 2. The molecule has 2 aliphatic rings. The number of amides is 2. The Bertz CT molecular complexity index is 1030. The van der Waals surface area contributed by atoms with Gasteiger partial charge in [-0.2, -0.15) is 0 Å². The minimum Gasteiger partial charge on any atom is -0.497 e. The second kappa shape index (κ2) is 11.2. The first-order chi connectivity index (χ1) is 16.6. The van der Waals surface area contributed by atoms with Gasteiger partial charge in [-0.15, -0.1) is 0 Å². The van der Waals surface area contributed by atoms with E-state index >= 15 is 0 Å². The molecule has 3 heterocycles. The van der Waals surface area contributed by atoms with E-state index in [-0.39, 0.29) is 17.9 Å². The summed E-state index contributed by atoms with van der Waals surface area (Å²) in [5.41, 5.74) is 4.41. The molecule has 1 aromatic carbocycles. The number of carbonyl (C=O) groups excluding carboxylic acids is 2. The monoisotopic (exact) mass is 466 g/mol. The zero-order chi connectivity index (χ0) is 23.9. The van der Waals surface area contributed by atoms with Crippen molar-refractivity contribution >= 4 is 17.8 Å². The van der Waals surface area contributed by atoms with Gasteiger partial charge in [-0.05, 0) is 72.9 Å². The number of aryl methyl sites for hydroxylation is 2. The summed E-state index contributed by atoms with van der Waals surface area (Å²) in [4.78, 5) is 31.5. The maximum absolute atomic E-state index is 13.0. The molecule has 1 aromatic heterocycles. The van der Waals surface area contributed by atoms with E-state index in [0.717, 1.165) is 60.6 Å². The van der Waals surface area contributed by atoms with E-state index in [1.165, 1.54) is 12.7 Å². The molecule has 2 aliphatic heterocycles. The molecule has 2 N–H and O–H groups in total. The predicted octanol–water partition coefficient (Wildman–Crippen LogP) is 3.64. The van der Waals surface area contributed by atoms with Gasteiger partial charge in [0, 0.05) is 31.9 Å². The Balaban J connectivity index is 1.34. The smallest absolute Gasteiger partial charge is 0.317 e. The van der Waals surface area contributed by atoms with Crippen molar-refractivity contribution in [1.82, 2.24) is 15.2 Å². The maximum Gasteiger partial charge on any atom is 0.317 e. The van der Waals surface area contributed by atoms with Crippen LogP contribution >= 0.6 is 0 Å². The molecule has 0 saturated carbocycles. The summed E-state index contributed by atoms with van der Waals surface area (Å²) in [6, 6.07) is 10.0. The van der Waals surface area contributed by atoms with Gasteiger partial charge >= 0.3 is 12.0 Å². The number of hydrogen-bond acceptors (Lipinski definition) is 6. The molecular weight excluding hydrogens is 432 g/mol. The van der Waals surface area contributed by atoms with Gasteiger partial charge in [0.15, 0.2) is 0 Å². The zero-order valence-corrected chi connectivity index (χ0v) is 20.1. The van der Waals surface area contributed by atoms with Crippen LogP contribution in [-0.2, 0) is 28.9 Å². The van der Waals surface area contributed by atoms with Crippen LogP contribution in [0.15, 0.2) is 30.3 Å². The lowest BCUT2D eigenvalue weighted by Crippen LogP contribution is -2.40. The number of rotatable bonds is 7. The summed E-state index contributed by atoms with van der Waals surface area (Å²) in [6.45, 7) is 2.61. The quantitative estimate of drug-likeness (QED) is 0.478. The summed E-state index contributed by atoms with van der Waals surface area (Å²) in [7, 11) is 3.03. The molecule has 0 aliphatic carbocycles. The van der Waals surface area contributed by atoms with Crippen molar-refractivity contribution in [2.75, 3.05) is 39.2 Å². The first-order valence-electron chi connectivity index (χ1n) is 12.1. The van der Waals surface area contributed by atoms with Crippen molar-refractivity contribution in [3.8, 4) is 5.75 Å². The lowest BCUT2D eigenvalue weighted by atomic mass is 9.90. The largest absolute Gasteiger partial charge is 0.497 e. The van der Waals surface area contributed by atoms with Gasteiger partial charge in [-0.3, -0.25) is 4.79 Å². The number of esters is 1. The van der Waals surface area contributed by atoms with E-state index in [2.05, 4.69) is 22.8 Å². The Morgan fingerprint density at radius 1 is 1.21 bits per heavy atom. The van der Waals surface area contributed by atoms with Crippen LogP contribution in [-0.4, -0.2) is 55.7 Å². The van der Waals surface area contributed by atoms with Gasteiger partial charge in [0.1, 0.15) is 11.6 Å². The van der Waals surface area contributed by atoms with Crippen LogP contribution in [0.1, 0.15) is 54.0 Å². The highest BCUT2D eigenvalue weighted by Gasteiger charge is 2.27. The molecule has 2 amide bonds. The third-order valence-electron chi connectivity index (χ3n) is 6.66. The number of pyridine rings is 1. The molecule has 0 saturated heterocycles. The second-order valence-corrected chi connectivity index (χ2v) is 8.93. The number of urea groups is 1. The Hall–Kier alpha value is -3.29. The highest BCUT2D eigenvalue weighted by Crippen LogP contribution is 2.33. The van der Waals surface area contributed by atoms with E-state index in [4.69, 9.17) is 14.5 Å². The van der Waals surface area contributed by atoms with Gasteiger partial charge in [0.25, 0.3) is 0 Å². The summed E-state index contributed by atoms with van der Waals surface area (Å²) in [5, 5.41) is 6.43. The number of carbonyl (C=O) groups is 2. The molecule has 8 nitrogen and oxygen atoms in total. The van der Waals surface area contributed by atoms with Gasteiger partial charge in [-0.1, -0.05) is 12.1 Å². The molecular formula is C26H34N4O4. The number of hydrogen-bond donors (Lipinski definition) is 2. The minimum atomic E-state index is -0.240. The minimum absolute atomic E-state index is 0.00912. The standard InChI is InChI=1S/C26H34N4O4/c1-33-22-9-10-23-19(16-24(31)34-2)11-14-30(17-20(23)15-22)26(32)28-13-4-6-21-8-7-18-5-3-12-27-25(18)29-21/h7-10,15,19H,3-6,11-14,16-17H2,1-2H3,(H,27,29)(H,28,32). The van der Waals surface area contributed by atoms with Crippen LogP contribution in [0.4, 0.5) is 10.6 Å². The van der Waals surface area contributed by atoms with E-state index < -0.39 is 0 Å². The summed E-state index contributed by atoms with van der Waals surface area (Å²) in [6.07, 6.45) is 4.87. The first-order valence-corrected chi connectivity index (χ1v) is 12.1. The molecule has 182 valence electrons. The fourth-order valence-corrected chi connectivity index (χ4v) is 4.75. The molecule has 8 heteroatoms. The van der Waals surface area contributed by atoms with Crippen molar-refractivity contribution in [3.63, 3.8) is 0 Å². The number of nitrogens with one attached hydrogen (secondary N) is 2. The molecule has 1 unspecified atom stereocenters. The van der Waals surface area contributed by atoms with Crippen molar-refractivity contribution in [2.24, 2.45) is 0 Å². The molecule has 34 heavy (non-hydrogen) atoms. The second-order valence-electron chi connectivity index (χ2n) is 8.93. The Kier molecular flexibility index (Phi) is 7.87. The van der Waals surface area contributed by atoms with E-state index in [9.17, 15) is 9.59 Å². The van der Waals surface area contributed by atoms with Crippen molar-refractivity contribution < 1.29 is 19.1 Å². The molecule has 0 radical (unpaired) electrons. The fraction of sp³-hybridized carbons (Fsp3) is 0.500. The third-order valence-corrected chi connectivity index (χ3v) is 6.66. The molecule has 0 bridgehead atoms.